The molecule has 6 heteroatoms. The second-order valence-corrected chi connectivity index (χ2v) is 5.73. The lowest BCUT2D eigenvalue weighted by Gasteiger charge is -2.10. The number of carbonyl (C=O) groups excluding carboxylic acids is 1. The zero-order chi connectivity index (χ0) is 12.3. The van der Waals surface area contributed by atoms with Crippen molar-refractivity contribution in [3.63, 3.8) is 0 Å². The van der Waals surface area contributed by atoms with Crippen molar-refractivity contribution in [2.45, 2.75) is 32.4 Å². The van der Waals surface area contributed by atoms with E-state index >= 15 is 0 Å². The first-order chi connectivity index (χ1) is 7.38. The minimum absolute atomic E-state index is 0.0341. The Morgan fingerprint density at radius 1 is 1.56 bits per heavy atom. The highest BCUT2D eigenvalue weighted by Crippen LogP contribution is 2.10. The summed E-state index contributed by atoms with van der Waals surface area (Å²) in [5, 5.41) is -0.605. The van der Waals surface area contributed by atoms with E-state index in [2.05, 4.69) is 0 Å². The number of aryl methyl sites for hydroxylation is 1. The summed E-state index contributed by atoms with van der Waals surface area (Å²) < 4.78 is 30.1. The van der Waals surface area contributed by atoms with Crippen LogP contribution in [-0.2, 0) is 10.0 Å². The van der Waals surface area contributed by atoms with E-state index in [-0.39, 0.29) is 5.76 Å². The van der Waals surface area contributed by atoms with Crippen molar-refractivity contribution in [1.29, 1.82) is 0 Å². The number of sulfonamides is 1. The highest BCUT2D eigenvalue weighted by Gasteiger charge is 2.24. The number of furan rings is 1. The second-order valence-electron chi connectivity index (χ2n) is 3.63. The van der Waals surface area contributed by atoms with Crippen LogP contribution in [0.15, 0.2) is 16.7 Å². The molecular weight excluding hydrogens is 230 g/mol. The van der Waals surface area contributed by atoms with E-state index in [1.165, 1.54) is 6.26 Å². The average Bonchev–Trinajstić information content (AvgIpc) is 2.62. The molecule has 1 amide bonds. The maximum absolute atomic E-state index is 11.6. The Balaban J connectivity index is 2.84. The van der Waals surface area contributed by atoms with Gasteiger partial charge in [-0.25, -0.2) is 13.1 Å². The van der Waals surface area contributed by atoms with Gasteiger partial charge in [0.15, 0.2) is 5.76 Å². The van der Waals surface area contributed by atoms with Crippen molar-refractivity contribution in [1.82, 2.24) is 4.72 Å². The van der Waals surface area contributed by atoms with Gasteiger partial charge >= 0.3 is 5.91 Å². The molecule has 16 heavy (non-hydrogen) atoms. The molecule has 5 nitrogen and oxygen atoms in total. The van der Waals surface area contributed by atoms with Crippen LogP contribution in [0.3, 0.4) is 0 Å². The Labute approximate surface area is 94.9 Å². The molecule has 0 saturated carbocycles. The lowest BCUT2D eigenvalue weighted by Crippen LogP contribution is -2.36. The number of amides is 1. The van der Waals surface area contributed by atoms with E-state index in [0.717, 1.165) is 0 Å². The third-order valence-electron chi connectivity index (χ3n) is 2.41. The minimum Gasteiger partial charge on any atom is -0.459 e. The van der Waals surface area contributed by atoms with E-state index in [4.69, 9.17) is 4.42 Å². The van der Waals surface area contributed by atoms with Crippen molar-refractivity contribution in [2.75, 3.05) is 0 Å². The molecule has 90 valence electrons. The van der Waals surface area contributed by atoms with Gasteiger partial charge in [-0.15, -0.1) is 0 Å². The maximum Gasteiger partial charge on any atom is 0.300 e. The molecule has 0 aliphatic carbocycles. The van der Waals surface area contributed by atoms with Crippen LogP contribution in [0.5, 0.6) is 0 Å². The molecule has 1 aromatic rings. The summed E-state index contributed by atoms with van der Waals surface area (Å²) in [5.41, 5.74) is 0.608. The molecule has 0 bridgehead atoms. The third-order valence-corrected chi connectivity index (χ3v) is 4.27. The highest BCUT2D eigenvalue weighted by molar-refractivity contribution is 7.90. The van der Waals surface area contributed by atoms with E-state index < -0.39 is 21.2 Å². The first kappa shape index (κ1) is 12.8. The largest absolute Gasteiger partial charge is 0.459 e. The van der Waals surface area contributed by atoms with Crippen molar-refractivity contribution >= 4 is 15.9 Å². The third kappa shape index (κ3) is 2.63. The number of carbonyl (C=O) groups is 1. The molecular formula is C10H15NO4S. The maximum atomic E-state index is 11.6. The van der Waals surface area contributed by atoms with Gasteiger partial charge in [0.1, 0.15) is 0 Å². The molecule has 1 atom stereocenters. The predicted octanol–water partition coefficient (Wildman–Crippen LogP) is 1.45. The molecule has 0 saturated heterocycles. The molecule has 1 N–H and O–H groups in total. The molecule has 0 fully saturated rings. The fourth-order valence-electron chi connectivity index (χ4n) is 1.10. The Morgan fingerprint density at radius 3 is 2.62 bits per heavy atom. The van der Waals surface area contributed by atoms with Gasteiger partial charge in [0, 0.05) is 5.56 Å². The molecule has 0 spiro atoms. The highest BCUT2D eigenvalue weighted by atomic mass is 32.2. The SMILES string of the molecule is CC[C@@H](C)S(=O)(=O)NC(=O)c1occc1C. The molecule has 0 aromatic carbocycles. The Morgan fingerprint density at radius 2 is 2.19 bits per heavy atom. The van der Waals surface area contributed by atoms with Crippen molar-refractivity contribution in [3.8, 4) is 0 Å². The smallest absolute Gasteiger partial charge is 0.300 e. The summed E-state index contributed by atoms with van der Waals surface area (Å²) in [6.45, 7) is 4.96. The number of hydrogen-bond acceptors (Lipinski definition) is 4. The first-order valence-corrected chi connectivity index (χ1v) is 6.53. The van der Waals surface area contributed by atoms with Crippen molar-refractivity contribution < 1.29 is 17.6 Å². The fourth-order valence-corrected chi connectivity index (χ4v) is 2.09. The molecule has 1 aromatic heterocycles. The van der Waals surface area contributed by atoms with Crippen LogP contribution in [0.1, 0.15) is 36.4 Å². The molecule has 0 unspecified atom stereocenters. The number of rotatable bonds is 4. The van der Waals surface area contributed by atoms with Crippen LogP contribution < -0.4 is 4.72 Å². The lowest BCUT2D eigenvalue weighted by atomic mass is 10.3. The minimum atomic E-state index is -3.61. The summed E-state index contributed by atoms with van der Waals surface area (Å²) >= 11 is 0. The standard InChI is InChI=1S/C10H15NO4S/c1-4-8(3)16(13,14)11-10(12)9-7(2)5-6-15-9/h5-6,8H,4H2,1-3H3,(H,11,12)/t8-/m1/s1. The Kier molecular flexibility index (Phi) is 3.74. The molecule has 0 radical (unpaired) electrons. The summed E-state index contributed by atoms with van der Waals surface area (Å²) in [4.78, 5) is 11.6. The molecule has 1 rings (SSSR count). The van der Waals surface area contributed by atoms with Gasteiger partial charge in [-0.3, -0.25) is 4.79 Å². The predicted molar refractivity (Wildman–Crippen MR) is 59.6 cm³/mol. The zero-order valence-electron chi connectivity index (χ0n) is 9.48. The van der Waals surface area contributed by atoms with Crippen LogP contribution in [0.2, 0.25) is 0 Å². The van der Waals surface area contributed by atoms with E-state index in [9.17, 15) is 13.2 Å². The van der Waals surface area contributed by atoms with Gasteiger partial charge in [0.05, 0.1) is 11.5 Å². The zero-order valence-corrected chi connectivity index (χ0v) is 10.3. The normalized spacial score (nSPS) is 13.4. The van der Waals surface area contributed by atoms with Gasteiger partial charge in [0.2, 0.25) is 10.0 Å². The molecule has 0 aliphatic heterocycles. The van der Waals surface area contributed by atoms with Gasteiger partial charge in [-0.2, -0.15) is 0 Å². The van der Waals surface area contributed by atoms with Gasteiger partial charge < -0.3 is 4.42 Å². The van der Waals surface area contributed by atoms with Crippen LogP contribution in [-0.4, -0.2) is 19.6 Å². The van der Waals surface area contributed by atoms with Crippen LogP contribution in [0, 0.1) is 6.92 Å². The van der Waals surface area contributed by atoms with Crippen LogP contribution >= 0.6 is 0 Å². The van der Waals surface area contributed by atoms with Gasteiger partial charge in [0.25, 0.3) is 0 Å². The Hall–Kier alpha value is -1.30. The average molecular weight is 245 g/mol. The van der Waals surface area contributed by atoms with Crippen molar-refractivity contribution in [3.05, 3.63) is 23.7 Å². The van der Waals surface area contributed by atoms with Crippen LogP contribution in [0.25, 0.3) is 0 Å². The summed E-state index contributed by atoms with van der Waals surface area (Å²) in [6.07, 6.45) is 1.79. The molecule has 1 heterocycles. The Bertz CT molecular complexity index is 475. The summed E-state index contributed by atoms with van der Waals surface area (Å²) in [5.74, 6) is -0.685. The first-order valence-electron chi connectivity index (χ1n) is 4.98. The quantitative estimate of drug-likeness (QED) is 0.871. The van der Waals surface area contributed by atoms with Gasteiger partial charge in [-0.1, -0.05) is 6.92 Å². The fraction of sp³-hybridized carbons (Fsp3) is 0.500. The molecule has 0 aliphatic rings. The second kappa shape index (κ2) is 4.69. The van der Waals surface area contributed by atoms with E-state index in [0.29, 0.717) is 12.0 Å². The summed E-state index contributed by atoms with van der Waals surface area (Å²) in [6, 6.07) is 1.60. The summed E-state index contributed by atoms with van der Waals surface area (Å²) in [7, 11) is -3.61. The lowest BCUT2D eigenvalue weighted by molar-refractivity contribution is 0.0953. The number of nitrogens with one attached hydrogen (secondary N) is 1. The number of hydrogen-bond donors (Lipinski definition) is 1. The van der Waals surface area contributed by atoms with E-state index in [1.54, 1.807) is 26.8 Å². The van der Waals surface area contributed by atoms with Crippen molar-refractivity contribution in [2.24, 2.45) is 0 Å². The monoisotopic (exact) mass is 245 g/mol. The topological polar surface area (TPSA) is 76.4 Å². The van der Waals surface area contributed by atoms with E-state index in [1.807, 2.05) is 4.72 Å². The van der Waals surface area contributed by atoms with Crippen LogP contribution in [0.4, 0.5) is 0 Å². The van der Waals surface area contributed by atoms with Gasteiger partial charge in [-0.05, 0) is 26.3 Å².